The third-order valence-corrected chi connectivity index (χ3v) is 3.01. The molecule has 1 heterocycles. The van der Waals surface area contributed by atoms with E-state index in [-0.39, 0.29) is 5.56 Å². The molecular formula is C14H23NO2. The molecule has 0 aliphatic rings. The van der Waals surface area contributed by atoms with Gasteiger partial charge in [0.1, 0.15) is 0 Å². The minimum atomic E-state index is -0.328. The minimum absolute atomic E-state index is 0.328. The normalized spacial score (nSPS) is 10.7. The first-order valence-corrected chi connectivity index (χ1v) is 6.57. The van der Waals surface area contributed by atoms with Crippen LogP contribution >= 0.6 is 0 Å². The zero-order valence-corrected chi connectivity index (χ0v) is 10.9. The van der Waals surface area contributed by atoms with E-state index >= 15 is 0 Å². The van der Waals surface area contributed by atoms with Gasteiger partial charge in [-0.05, 0) is 31.4 Å². The van der Waals surface area contributed by atoms with Crippen molar-refractivity contribution < 1.29 is 5.21 Å². The molecular weight excluding hydrogens is 214 g/mol. The molecule has 3 nitrogen and oxygen atoms in total. The summed E-state index contributed by atoms with van der Waals surface area (Å²) in [5.74, 6) is 0. The van der Waals surface area contributed by atoms with Gasteiger partial charge in [0.25, 0.3) is 5.56 Å². The fraction of sp³-hybridized carbons (Fsp3) is 0.643. The lowest BCUT2D eigenvalue weighted by molar-refractivity contribution is 0.164. The van der Waals surface area contributed by atoms with Gasteiger partial charge in [-0.2, -0.15) is 4.73 Å². The quantitative estimate of drug-likeness (QED) is 0.584. The van der Waals surface area contributed by atoms with Gasteiger partial charge in [0.2, 0.25) is 0 Å². The van der Waals surface area contributed by atoms with E-state index in [1.165, 1.54) is 38.2 Å². The van der Waals surface area contributed by atoms with E-state index < -0.39 is 0 Å². The van der Waals surface area contributed by atoms with Crippen LogP contribution in [0.2, 0.25) is 0 Å². The summed E-state index contributed by atoms with van der Waals surface area (Å²) in [6.07, 6.45) is 8.07. The van der Waals surface area contributed by atoms with Gasteiger partial charge in [-0.25, -0.2) is 0 Å². The van der Waals surface area contributed by atoms with Gasteiger partial charge >= 0.3 is 0 Å². The van der Waals surface area contributed by atoms with Gasteiger partial charge in [-0.15, -0.1) is 0 Å². The first-order chi connectivity index (χ1) is 8.15. The van der Waals surface area contributed by atoms with Gasteiger partial charge in [0, 0.05) is 6.07 Å². The van der Waals surface area contributed by atoms with Crippen LogP contribution in [0.3, 0.4) is 0 Å². The Morgan fingerprint density at radius 2 is 1.76 bits per heavy atom. The maximum atomic E-state index is 11.3. The second-order valence-corrected chi connectivity index (χ2v) is 4.69. The molecule has 0 saturated heterocycles. The number of nitrogens with zero attached hydrogens (tertiary/aromatic N) is 1. The third kappa shape index (κ3) is 4.63. The van der Waals surface area contributed by atoms with Gasteiger partial charge in [0.05, 0.1) is 5.69 Å². The SMILES string of the molecule is CCCCCCCCc1cc(C)cc(=O)n1O. The summed E-state index contributed by atoms with van der Waals surface area (Å²) in [5, 5.41) is 9.57. The molecule has 17 heavy (non-hydrogen) atoms. The summed E-state index contributed by atoms with van der Waals surface area (Å²) < 4.78 is 0.777. The lowest BCUT2D eigenvalue weighted by atomic mass is 10.1. The number of aromatic nitrogens is 1. The fourth-order valence-corrected chi connectivity index (χ4v) is 2.03. The second kappa shape index (κ2) is 7.15. The average Bonchev–Trinajstić information content (AvgIpc) is 2.29. The predicted octanol–water partition coefficient (Wildman–Crippen LogP) is 3.30. The Bertz CT molecular complexity index is 396. The van der Waals surface area contributed by atoms with E-state index in [2.05, 4.69) is 6.92 Å². The highest BCUT2D eigenvalue weighted by molar-refractivity contribution is 5.15. The molecule has 1 rings (SSSR count). The molecule has 3 heteroatoms. The summed E-state index contributed by atoms with van der Waals surface area (Å²) in [4.78, 5) is 11.3. The van der Waals surface area contributed by atoms with Crippen LogP contribution in [0, 0.1) is 6.92 Å². The molecule has 1 N–H and O–H groups in total. The minimum Gasteiger partial charge on any atom is -0.425 e. The highest BCUT2D eigenvalue weighted by atomic mass is 16.5. The van der Waals surface area contributed by atoms with Crippen molar-refractivity contribution in [2.75, 3.05) is 0 Å². The van der Waals surface area contributed by atoms with Crippen LogP contribution in [-0.4, -0.2) is 9.94 Å². The van der Waals surface area contributed by atoms with E-state index in [1.807, 2.05) is 13.0 Å². The van der Waals surface area contributed by atoms with E-state index in [1.54, 1.807) is 0 Å². The van der Waals surface area contributed by atoms with E-state index in [9.17, 15) is 10.0 Å². The lowest BCUT2D eigenvalue weighted by Gasteiger charge is -2.07. The van der Waals surface area contributed by atoms with Gasteiger partial charge in [-0.3, -0.25) is 4.79 Å². The van der Waals surface area contributed by atoms with Crippen molar-refractivity contribution in [1.29, 1.82) is 0 Å². The van der Waals surface area contributed by atoms with Gasteiger partial charge in [0.15, 0.2) is 0 Å². The summed E-state index contributed by atoms with van der Waals surface area (Å²) in [6, 6.07) is 3.33. The van der Waals surface area contributed by atoms with Crippen LogP contribution in [0.25, 0.3) is 0 Å². The standard InChI is InChI=1S/C14H23NO2/c1-3-4-5-6-7-8-9-13-10-12(2)11-14(16)15(13)17/h10-11,17H,3-9H2,1-2H3. The number of rotatable bonds is 7. The first kappa shape index (κ1) is 13.8. The van der Waals surface area contributed by atoms with Crippen molar-refractivity contribution >= 4 is 0 Å². The second-order valence-electron chi connectivity index (χ2n) is 4.69. The third-order valence-electron chi connectivity index (χ3n) is 3.01. The Hall–Kier alpha value is -1.25. The molecule has 0 fully saturated rings. The Morgan fingerprint density at radius 1 is 1.12 bits per heavy atom. The van der Waals surface area contributed by atoms with Crippen molar-refractivity contribution in [3.05, 3.63) is 33.7 Å². The van der Waals surface area contributed by atoms with Gasteiger partial charge < -0.3 is 5.21 Å². The molecule has 0 bridgehead atoms. The molecule has 1 aromatic rings. The number of aryl methyl sites for hydroxylation is 2. The zero-order chi connectivity index (χ0) is 12.7. The predicted molar refractivity (Wildman–Crippen MR) is 69.7 cm³/mol. The lowest BCUT2D eigenvalue weighted by Crippen LogP contribution is -2.20. The Morgan fingerprint density at radius 3 is 2.47 bits per heavy atom. The molecule has 0 aliphatic carbocycles. The summed E-state index contributed by atoms with van der Waals surface area (Å²) in [5.41, 5.74) is 1.32. The van der Waals surface area contributed by atoms with Crippen molar-refractivity contribution in [2.45, 2.75) is 58.8 Å². The zero-order valence-electron chi connectivity index (χ0n) is 10.9. The highest BCUT2D eigenvalue weighted by Crippen LogP contribution is 2.09. The van der Waals surface area contributed by atoms with Gasteiger partial charge in [-0.1, -0.05) is 39.0 Å². The summed E-state index contributed by atoms with van der Waals surface area (Å²) in [6.45, 7) is 4.09. The highest BCUT2D eigenvalue weighted by Gasteiger charge is 2.03. The van der Waals surface area contributed by atoms with Crippen molar-refractivity contribution in [3.8, 4) is 0 Å². The van der Waals surface area contributed by atoms with Crippen molar-refractivity contribution in [3.63, 3.8) is 0 Å². The Balaban J connectivity index is 2.39. The molecule has 96 valence electrons. The average molecular weight is 237 g/mol. The smallest absolute Gasteiger partial charge is 0.283 e. The maximum Gasteiger partial charge on any atom is 0.283 e. The Labute approximate surface area is 103 Å². The molecule has 0 unspecified atom stereocenters. The largest absolute Gasteiger partial charge is 0.425 e. The Kier molecular flexibility index (Phi) is 5.81. The monoisotopic (exact) mass is 237 g/mol. The molecule has 0 saturated carbocycles. The molecule has 0 spiro atoms. The number of hydrogen-bond donors (Lipinski definition) is 1. The molecule has 0 atom stereocenters. The maximum absolute atomic E-state index is 11.3. The molecule has 0 aliphatic heterocycles. The first-order valence-electron chi connectivity index (χ1n) is 6.57. The molecule has 0 amide bonds. The van der Waals surface area contributed by atoms with Crippen LogP contribution in [0.5, 0.6) is 0 Å². The summed E-state index contributed by atoms with van der Waals surface area (Å²) in [7, 11) is 0. The topological polar surface area (TPSA) is 42.2 Å². The number of unbranched alkanes of at least 4 members (excludes halogenated alkanes) is 5. The van der Waals surface area contributed by atoms with E-state index in [0.717, 1.165) is 28.8 Å². The molecule has 0 radical (unpaired) electrons. The van der Waals surface area contributed by atoms with E-state index in [4.69, 9.17) is 0 Å². The van der Waals surface area contributed by atoms with Crippen LogP contribution < -0.4 is 5.56 Å². The summed E-state index contributed by atoms with van der Waals surface area (Å²) >= 11 is 0. The molecule has 0 aromatic carbocycles. The molecule has 1 aromatic heterocycles. The van der Waals surface area contributed by atoms with E-state index in [0.29, 0.717) is 0 Å². The van der Waals surface area contributed by atoms with Crippen LogP contribution in [-0.2, 0) is 6.42 Å². The van der Waals surface area contributed by atoms with Crippen molar-refractivity contribution in [1.82, 2.24) is 4.73 Å². The number of hydrogen-bond acceptors (Lipinski definition) is 2. The fourth-order valence-electron chi connectivity index (χ4n) is 2.03. The number of pyridine rings is 1. The van der Waals surface area contributed by atoms with Crippen LogP contribution in [0.15, 0.2) is 16.9 Å². The van der Waals surface area contributed by atoms with Crippen LogP contribution in [0.1, 0.15) is 56.7 Å². The van der Waals surface area contributed by atoms with Crippen LogP contribution in [0.4, 0.5) is 0 Å². The van der Waals surface area contributed by atoms with Crippen molar-refractivity contribution in [2.24, 2.45) is 0 Å².